The topological polar surface area (TPSA) is 52.6 Å². The first kappa shape index (κ1) is 17.5. The van der Waals surface area contributed by atoms with Crippen LogP contribution in [-0.4, -0.2) is 25.2 Å². The molecule has 0 rings (SSSR count). The van der Waals surface area contributed by atoms with Crippen LogP contribution < -0.4 is 0 Å². The summed E-state index contributed by atoms with van der Waals surface area (Å²) in [4.78, 5) is 23.1. The second kappa shape index (κ2) is 10.5. The Morgan fingerprint density at radius 2 is 1.95 bits per heavy atom. The molecule has 0 saturated carbocycles. The summed E-state index contributed by atoms with van der Waals surface area (Å²) in [5.74, 6) is 9.30. The second-order valence-electron chi connectivity index (χ2n) is 3.66. The SMILES string of the molecule is C/C=C\C#CC#CC[C@H](OC(=O)/C(C)=C\C)C(=O)OC. The molecule has 0 radical (unpaired) electrons. The van der Waals surface area contributed by atoms with E-state index in [1.807, 2.05) is 6.92 Å². The zero-order chi connectivity index (χ0) is 15.4. The van der Waals surface area contributed by atoms with Crippen molar-refractivity contribution in [2.24, 2.45) is 0 Å². The maximum atomic E-state index is 11.6. The number of esters is 2. The molecule has 0 aliphatic rings. The summed E-state index contributed by atoms with van der Waals surface area (Å²) in [5, 5.41) is 0. The summed E-state index contributed by atoms with van der Waals surface area (Å²) >= 11 is 0. The van der Waals surface area contributed by atoms with Gasteiger partial charge in [-0.3, -0.25) is 0 Å². The molecule has 4 nitrogen and oxygen atoms in total. The number of hydrogen-bond acceptors (Lipinski definition) is 4. The van der Waals surface area contributed by atoms with Gasteiger partial charge < -0.3 is 9.47 Å². The lowest BCUT2D eigenvalue weighted by molar-refractivity contribution is -0.163. The first-order valence-electron chi connectivity index (χ1n) is 6.08. The van der Waals surface area contributed by atoms with E-state index in [0.29, 0.717) is 5.57 Å². The molecule has 0 aliphatic carbocycles. The zero-order valence-corrected chi connectivity index (χ0v) is 12.1. The summed E-state index contributed by atoms with van der Waals surface area (Å²) in [6, 6.07) is 0. The van der Waals surface area contributed by atoms with Crippen LogP contribution in [0.1, 0.15) is 27.2 Å². The summed E-state index contributed by atoms with van der Waals surface area (Å²) in [7, 11) is 1.23. The number of methoxy groups -OCH3 is 1. The highest BCUT2D eigenvalue weighted by molar-refractivity contribution is 5.90. The van der Waals surface area contributed by atoms with Gasteiger partial charge in [-0.1, -0.05) is 24.0 Å². The highest BCUT2D eigenvalue weighted by atomic mass is 16.6. The van der Waals surface area contributed by atoms with Crippen LogP contribution in [0.3, 0.4) is 0 Å². The first-order chi connectivity index (χ1) is 9.56. The Hall–Kier alpha value is -2.46. The van der Waals surface area contributed by atoms with Crippen molar-refractivity contribution in [3.63, 3.8) is 0 Å². The Kier molecular flexibility index (Phi) is 9.17. The van der Waals surface area contributed by atoms with Crippen molar-refractivity contribution in [2.45, 2.75) is 33.3 Å². The van der Waals surface area contributed by atoms with E-state index in [4.69, 9.17) is 4.74 Å². The zero-order valence-electron chi connectivity index (χ0n) is 12.1. The fourth-order valence-electron chi connectivity index (χ4n) is 0.994. The minimum Gasteiger partial charge on any atom is -0.466 e. The largest absolute Gasteiger partial charge is 0.466 e. The van der Waals surface area contributed by atoms with Gasteiger partial charge in [0.1, 0.15) is 0 Å². The van der Waals surface area contributed by atoms with Crippen molar-refractivity contribution in [2.75, 3.05) is 7.11 Å². The molecule has 0 aromatic rings. The molecule has 4 heteroatoms. The monoisotopic (exact) mass is 274 g/mol. The highest BCUT2D eigenvalue weighted by Gasteiger charge is 2.23. The van der Waals surface area contributed by atoms with E-state index in [0.717, 1.165) is 0 Å². The second-order valence-corrected chi connectivity index (χ2v) is 3.66. The normalized spacial score (nSPS) is 11.7. The minimum absolute atomic E-state index is 0.0416. The van der Waals surface area contributed by atoms with Crippen LogP contribution in [0, 0.1) is 23.7 Å². The predicted molar refractivity (Wildman–Crippen MR) is 76.3 cm³/mol. The summed E-state index contributed by atoms with van der Waals surface area (Å²) < 4.78 is 9.61. The number of hydrogen-bond donors (Lipinski definition) is 0. The molecule has 0 spiro atoms. The van der Waals surface area contributed by atoms with Crippen LogP contribution in [0.15, 0.2) is 23.8 Å². The van der Waals surface area contributed by atoms with Crippen molar-refractivity contribution in [3.8, 4) is 23.7 Å². The van der Waals surface area contributed by atoms with Gasteiger partial charge in [0.25, 0.3) is 0 Å². The number of carbonyl (C=O) groups is 2. The number of ether oxygens (including phenoxy) is 2. The Balaban J connectivity index is 4.72. The molecule has 0 heterocycles. The number of rotatable bonds is 4. The van der Waals surface area contributed by atoms with E-state index in [9.17, 15) is 9.59 Å². The van der Waals surface area contributed by atoms with Gasteiger partial charge in [-0.05, 0) is 38.7 Å². The fourth-order valence-corrected chi connectivity index (χ4v) is 0.994. The molecule has 0 fully saturated rings. The van der Waals surface area contributed by atoms with Crippen LogP contribution in [0.25, 0.3) is 0 Å². The van der Waals surface area contributed by atoms with Crippen LogP contribution in [-0.2, 0) is 19.1 Å². The number of carbonyl (C=O) groups excluding carboxylic acids is 2. The smallest absolute Gasteiger partial charge is 0.348 e. The summed E-state index contributed by atoms with van der Waals surface area (Å²) in [5.41, 5.74) is 0.416. The molecule has 0 saturated heterocycles. The van der Waals surface area contributed by atoms with Gasteiger partial charge in [-0.2, -0.15) is 0 Å². The molecule has 0 bridgehead atoms. The first-order valence-corrected chi connectivity index (χ1v) is 6.08. The lowest BCUT2D eigenvalue weighted by Crippen LogP contribution is -2.28. The van der Waals surface area contributed by atoms with Crippen molar-refractivity contribution < 1.29 is 19.1 Å². The van der Waals surface area contributed by atoms with Crippen molar-refractivity contribution in [1.29, 1.82) is 0 Å². The molecular weight excluding hydrogens is 256 g/mol. The van der Waals surface area contributed by atoms with Gasteiger partial charge in [-0.25, -0.2) is 9.59 Å². The van der Waals surface area contributed by atoms with Crippen molar-refractivity contribution in [1.82, 2.24) is 0 Å². The Labute approximate surface area is 119 Å². The third-order valence-corrected chi connectivity index (χ3v) is 2.23. The van der Waals surface area contributed by atoms with Crippen LogP contribution in [0.2, 0.25) is 0 Å². The average Bonchev–Trinajstić information content (AvgIpc) is 2.47. The third kappa shape index (κ3) is 7.08. The van der Waals surface area contributed by atoms with E-state index < -0.39 is 18.0 Å². The predicted octanol–water partition coefficient (Wildman–Crippen LogP) is 2.01. The van der Waals surface area contributed by atoms with Gasteiger partial charge in [0.05, 0.1) is 13.5 Å². The van der Waals surface area contributed by atoms with Gasteiger partial charge >= 0.3 is 11.9 Å². The maximum Gasteiger partial charge on any atom is 0.348 e. The summed E-state index contributed by atoms with van der Waals surface area (Å²) in [6.07, 6.45) is 4.04. The Morgan fingerprint density at radius 1 is 1.25 bits per heavy atom. The third-order valence-electron chi connectivity index (χ3n) is 2.23. The van der Waals surface area contributed by atoms with Gasteiger partial charge in [-0.15, -0.1) is 0 Å². The van der Waals surface area contributed by atoms with Crippen LogP contribution >= 0.6 is 0 Å². The Morgan fingerprint density at radius 3 is 2.50 bits per heavy atom. The number of allylic oxidation sites excluding steroid dienone is 3. The average molecular weight is 274 g/mol. The highest BCUT2D eigenvalue weighted by Crippen LogP contribution is 2.05. The molecule has 0 amide bonds. The molecule has 0 aromatic heterocycles. The summed E-state index contributed by atoms with van der Waals surface area (Å²) in [6.45, 7) is 5.16. The van der Waals surface area contributed by atoms with E-state index >= 15 is 0 Å². The van der Waals surface area contributed by atoms with Crippen molar-refractivity contribution in [3.05, 3.63) is 23.8 Å². The lowest BCUT2D eigenvalue weighted by atomic mass is 10.2. The fraction of sp³-hybridized carbons (Fsp3) is 0.375. The van der Waals surface area contributed by atoms with E-state index in [1.165, 1.54) is 7.11 Å². The van der Waals surface area contributed by atoms with E-state index in [2.05, 4.69) is 28.4 Å². The molecular formula is C16H18O4. The molecule has 0 aromatic carbocycles. The molecule has 0 N–H and O–H groups in total. The molecule has 0 unspecified atom stereocenters. The quantitative estimate of drug-likeness (QED) is 0.447. The molecule has 1 atom stereocenters. The molecule has 106 valence electrons. The Bertz CT molecular complexity index is 518. The molecule has 20 heavy (non-hydrogen) atoms. The standard InChI is InChI=1S/C16H18O4/c1-5-7-8-9-10-11-12-14(16(18)19-4)20-15(17)13(3)6-2/h5-7,14H,12H2,1-4H3/b7-5-,13-6-/t14-/m0/s1. The van der Waals surface area contributed by atoms with Crippen LogP contribution in [0.5, 0.6) is 0 Å². The van der Waals surface area contributed by atoms with Gasteiger partial charge in [0.15, 0.2) is 0 Å². The minimum atomic E-state index is -1.04. The lowest BCUT2D eigenvalue weighted by Gasteiger charge is -2.13. The van der Waals surface area contributed by atoms with Crippen LogP contribution in [0.4, 0.5) is 0 Å². The van der Waals surface area contributed by atoms with Gasteiger partial charge in [0.2, 0.25) is 6.10 Å². The van der Waals surface area contributed by atoms with Crippen molar-refractivity contribution >= 4 is 11.9 Å². The van der Waals surface area contributed by atoms with E-state index in [1.54, 1.807) is 32.1 Å². The maximum absolute atomic E-state index is 11.6. The van der Waals surface area contributed by atoms with E-state index in [-0.39, 0.29) is 6.42 Å². The van der Waals surface area contributed by atoms with Gasteiger partial charge in [0, 0.05) is 5.57 Å². The molecule has 0 aliphatic heterocycles.